The first-order valence-electron chi connectivity index (χ1n) is 6.99. The molecule has 0 fully saturated rings. The molecule has 0 aliphatic carbocycles. The molecule has 2 N–H and O–H groups in total. The molecule has 5 heteroatoms. The van der Waals surface area contributed by atoms with E-state index in [0.717, 1.165) is 0 Å². The fourth-order valence-electron chi connectivity index (χ4n) is 2.17. The minimum absolute atomic E-state index is 0.106. The van der Waals surface area contributed by atoms with Crippen molar-refractivity contribution in [1.82, 2.24) is 0 Å². The molecule has 0 heterocycles. The Balaban J connectivity index is 2.01. The van der Waals surface area contributed by atoms with E-state index in [1.165, 1.54) is 12.1 Å². The van der Waals surface area contributed by atoms with Gasteiger partial charge >= 0.3 is 0 Å². The molecule has 0 atom stereocenters. The van der Waals surface area contributed by atoms with Crippen LogP contribution in [0.2, 0.25) is 0 Å². The van der Waals surface area contributed by atoms with E-state index >= 15 is 0 Å². The lowest BCUT2D eigenvalue weighted by Gasteiger charge is -2.10. The predicted octanol–water partition coefficient (Wildman–Crippen LogP) is 3.89. The molecule has 0 unspecified atom stereocenters. The Bertz CT molecular complexity index is 908. The van der Waals surface area contributed by atoms with Gasteiger partial charge in [0.25, 0.3) is 0 Å². The minimum Gasteiger partial charge on any atom is -0.457 e. The highest BCUT2D eigenvalue weighted by molar-refractivity contribution is 7.91. The molecule has 0 spiro atoms. The van der Waals surface area contributed by atoms with Crippen LogP contribution in [-0.2, 0) is 9.84 Å². The molecular weight excluding hydrogens is 310 g/mol. The molecule has 0 saturated carbocycles. The predicted molar refractivity (Wildman–Crippen MR) is 89.3 cm³/mol. The topological polar surface area (TPSA) is 69.4 Å². The zero-order chi connectivity index (χ0) is 16.3. The van der Waals surface area contributed by atoms with Crippen molar-refractivity contribution in [2.75, 3.05) is 5.73 Å². The lowest BCUT2D eigenvalue weighted by Crippen LogP contribution is -2.03. The fourth-order valence-corrected chi connectivity index (χ4v) is 3.52. The van der Waals surface area contributed by atoms with Gasteiger partial charge in [-0.3, -0.25) is 0 Å². The highest BCUT2D eigenvalue weighted by Gasteiger charge is 2.19. The van der Waals surface area contributed by atoms with Crippen molar-refractivity contribution in [1.29, 1.82) is 0 Å². The summed E-state index contributed by atoms with van der Waals surface area (Å²) in [4.78, 5) is 0.325. The van der Waals surface area contributed by atoms with Crippen molar-refractivity contribution in [3.63, 3.8) is 0 Å². The molecule has 0 aliphatic rings. The molecule has 0 radical (unpaired) electrons. The van der Waals surface area contributed by atoms with Gasteiger partial charge < -0.3 is 10.5 Å². The van der Waals surface area contributed by atoms with E-state index in [1.54, 1.807) is 48.5 Å². The summed E-state index contributed by atoms with van der Waals surface area (Å²) >= 11 is 0. The lowest BCUT2D eigenvalue weighted by molar-refractivity contribution is 0.481. The van der Waals surface area contributed by atoms with E-state index in [0.29, 0.717) is 17.2 Å². The summed E-state index contributed by atoms with van der Waals surface area (Å²) in [5.41, 5.74) is 6.17. The lowest BCUT2D eigenvalue weighted by atomic mass is 10.3. The summed E-state index contributed by atoms with van der Waals surface area (Å²) in [5, 5.41) is 0. The SMILES string of the molecule is Nc1cc(Oc2ccccc2)cc(S(=O)(=O)c2ccccc2)c1. The number of nitrogens with two attached hydrogens (primary N) is 1. The van der Waals surface area contributed by atoms with Gasteiger partial charge in [-0.15, -0.1) is 0 Å². The number of hydrogen-bond acceptors (Lipinski definition) is 4. The minimum atomic E-state index is -3.64. The molecule has 0 aromatic heterocycles. The van der Waals surface area contributed by atoms with Crippen molar-refractivity contribution >= 4 is 15.5 Å². The maximum Gasteiger partial charge on any atom is 0.206 e. The third-order valence-corrected chi connectivity index (χ3v) is 4.99. The van der Waals surface area contributed by atoms with Crippen LogP contribution >= 0.6 is 0 Å². The van der Waals surface area contributed by atoms with Crippen molar-refractivity contribution in [3.8, 4) is 11.5 Å². The molecular formula is C18H15NO3S. The van der Waals surface area contributed by atoms with Crippen LogP contribution in [0.25, 0.3) is 0 Å². The molecule has 4 nitrogen and oxygen atoms in total. The van der Waals surface area contributed by atoms with Crippen molar-refractivity contribution < 1.29 is 13.2 Å². The quantitative estimate of drug-likeness (QED) is 0.739. The van der Waals surface area contributed by atoms with E-state index in [2.05, 4.69) is 0 Å². The van der Waals surface area contributed by atoms with E-state index in [4.69, 9.17) is 10.5 Å². The van der Waals surface area contributed by atoms with Gasteiger partial charge in [-0.1, -0.05) is 36.4 Å². The van der Waals surface area contributed by atoms with Crippen LogP contribution in [0.5, 0.6) is 11.5 Å². The zero-order valence-corrected chi connectivity index (χ0v) is 13.0. The number of hydrogen-bond donors (Lipinski definition) is 1. The molecule has 0 aliphatic heterocycles. The normalized spacial score (nSPS) is 11.1. The molecule has 23 heavy (non-hydrogen) atoms. The van der Waals surface area contributed by atoms with Crippen LogP contribution in [0.4, 0.5) is 5.69 Å². The second kappa shape index (κ2) is 6.14. The second-order valence-electron chi connectivity index (χ2n) is 4.97. The Morgan fingerprint density at radius 2 is 1.30 bits per heavy atom. The Labute approximate surface area is 135 Å². The van der Waals surface area contributed by atoms with E-state index < -0.39 is 9.84 Å². The maximum atomic E-state index is 12.7. The fraction of sp³-hybridized carbons (Fsp3) is 0. The van der Waals surface area contributed by atoms with Gasteiger partial charge in [0.15, 0.2) is 0 Å². The number of sulfone groups is 1. The Kier molecular flexibility index (Phi) is 4.04. The average Bonchev–Trinajstić information content (AvgIpc) is 2.56. The molecule has 3 aromatic carbocycles. The number of ether oxygens (including phenoxy) is 1. The van der Waals surface area contributed by atoms with Crippen LogP contribution < -0.4 is 10.5 Å². The summed E-state index contributed by atoms with van der Waals surface area (Å²) in [7, 11) is -3.64. The molecule has 3 aromatic rings. The molecule has 0 saturated heterocycles. The van der Waals surface area contributed by atoms with Gasteiger partial charge in [0.05, 0.1) is 9.79 Å². The van der Waals surface area contributed by atoms with Gasteiger partial charge in [0.1, 0.15) is 11.5 Å². The van der Waals surface area contributed by atoms with Crippen molar-refractivity contribution in [3.05, 3.63) is 78.9 Å². The first-order chi connectivity index (χ1) is 11.1. The van der Waals surface area contributed by atoms with Crippen LogP contribution in [-0.4, -0.2) is 8.42 Å². The smallest absolute Gasteiger partial charge is 0.206 e. The average molecular weight is 325 g/mol. The highest BCUT2D eigenvalue weighted by atomic mass is 32.2. The van der Waals surface area contributed by atoms with Crippen LogP contribution in [0.3, 0.4) is 0 Å². The first kappa shape index (κ1) is 15.1. The summed E-state index contributed by atoms with van der Waals surface area (Å²) in [6.45, 7) is 0. The first-order valence-corrected chi connectivity index (χ1v) is 8.48. The van der Waals surface area contributed by atoms with E-state index in [1.807, 2.05) is 18.2 Å². The third kappa shape index (κ3) is 3.35. The van der Waals surface area contributed by atoms with Crippen LogP contribution in [0, 0.1) is 0 Å². The summed E-state index contributed by atoms with van der Waals surface area (Å²) in [6.07, 6.45) is 0. The second-order valence-corrected chi connectivity index (χ2v) is 6.92. The van der Waals surface area contributed by atoms with Crippen LogP contribution in [0.15, 0.2) is 88.7 Å². The van der Waals surface area contributed by atoms with Gasteiger partial charge in [0, 0.05) is 11.8 Å². The number of rotatable bonds is 4. The summed E-state index contributed by atoms with van der Waals surface area (Å²) < 4.78 is 31.0. The molecule has 116 valence electrons. The van der Waals surface area contributed by atoms with E-state index in [9.17, 15) is 8.42 Å². The maximum absolute atomic E-state index is 12.7. The number of benzene rings is 3. The summed E-state index contributed by atoms with van der Waals surface area (Å²) in [5.74, 6) is 0.992. The zero-order valence-electron chi connectivity index (χ0n) is 12.2. The van der Waals surface area contributed by atoms with Gasteiger partial charge in [-0.2, -0.15) is 0 Å². The highest BCUT2D eigenvalue weighted by Crippen LogP contribution is 2.29. The van der Waals surface area contributed by atoms with Gasteiger partial charge in [0.2, 0.25) is 9.84 Å². The molecule has 0 amide bonds. The van der Waals surface area contributed by atoms with Crippen molar-refractivity contribution in [2.45, 2.75) is 9.79 Å². The van der Waals surface area contributed by atoms with Crippen LogP contribution in [0.1, 0.15) is 0 Å². The number of anilines is 1. The Morgan fingerprint density at radius 3 is 1.96 bits per heavy atom. The van der Waals surface area contributed by atoms with E-state index in [-0.39, 0.29) is 9.79 Å². The van der Waals surface area contributed by atoms with Gasteiger partial charge in [-0.05, 0) is 36.4 Å². The van der Waals surface area contributed by atoms with Crippen molar-refractivity contribution in [2.24, 2.45) is 0 Å². The number of nitrogen functional groups attached to an aromatic ring is 1. The monoisotopic (exact) mass is 325 g/mol. The standard InChI is InChI=1S/C18H15NO3S/c19-14-11-16(22-15-7-3-1-4-8-15)13-18(12-14)23(20,21)17-9-5-2-6-10-17/h1-13H,19H2. The molecule has 0 bridgehead atoms. The molecule has 3 rings (SSSR count). The summed E-state index contributed by atoms with van der Waals surface area (Å²) in [6, 6.07) is 21.9. The van der Waals surface area contributed by atoms with Gasteiger partial charge in [-0.25, -0.2) is 8.42 Å². The Morgan fingerprint density at radius 1 is 0.696 bits per heavy atom. The largest absolute Gasteiger partial charge is 0.457 e. The Hall–Kier alpha value is -2.79. The number of para-hydroxylation sites is 1. The third-order valence-electron chi connectivity index (χ3n) is 3.25.